The van der Waals surface area contributed by atoms with Gasteiger partial charge in [-0.25, -0.2) is 4.39 Å². The van der Waals surface area contributed by atoms with Crippen LogP contribution in [0.2, 0.25) is 0 Å². The van der Waals surface area contributed by atoms with Crippen molar-refractivity contribution in [2.45, 2.75) is 51.7 Å². The topological polar surface area (TPSA) is 21.3 Å². The van der Waals surface area contributed by atoms with E-state index in [1.807, 2.05) is 6.92 Å². The highest BCUT2D eigenvalue weighted by Crippen LogP contribution is 2.26. The zero-order chi connectivity index (χ0) is 13.0. The van der Waals surface area contributed by atoms with Crippen LogP contribution in [0.15, 0.2) is 18.2 Å². The maximum Gasteiger partial charge on any atom is 0.165 e. The molecule has 1 aliphatic carbocycles. The summed E-state index contributed by atoms with van der Waals surface area (Å²) in [4.78, 5) is 0. The van der Waals surface area contributed by atoms with Crippen molar-refractivity contribution in [2.24, 2.45) is 0 Å². The summed E-state index contributed by atoms with van der Waals surface area (Å²) in [5, 5.41) is 3.44. The minimum atomic E-state index is -0.263. The smallest absolute Gasteiger partial charge is 0.165 e. The second-order valence-corrected chi connectivity index (χ2v) is 5.04. The van der Waals surface area contributed by atoms with Gasteiger partial charge in [0.15, 0.2) is 11.6 Å². The molecule has 1 N–H and O–H groups in total. The molecule has 0 aromatic heterocycles. The Hall–Kier alpha value is -1.09. The maximum atomic E-state index is 13.7. The number of ether oxygens (including phenoxy) is 1. The van der Waals surface area contributed by atoms with E-state index in [0.717, 1.165) is 24.9 Å². The Balaban J connectivity index is 2.08. The molecular formula is C15H22FNO. The van der Waals surface area contributed by atoms with Crippen molar-refractivity contribution >= 4 is 0 Å². The van der Waals surface area contributed by atoms with Gasteiger partial charge in [0.2, 0.25) is 0 Å². The van der Waals surface area contributed by atoms with Crippen LogP contribution in [0, 0.1) is 12.7 Å². The van der Waals surface area contributed by atoms with E-state index >= 15 is 0 Å². The fourth-order valence-corrected chi connectivity index (χ4v) is 2.60. The third kappa shape index (κ3) is 3.22. The number of rotatable bonds is 4. The molecule has 2 atom stereocenters. The second-order valence-electron chi connectivity index (χ2n) is 5.04. The molecule has 0 saturated heterocycles. The molecule has 1 aliphatic rings. The number of halogens is 1. The molecule has 0 amide bonds. The van der Waals surface area contributed by atoms with Crippen LogP contribution in [0.3, 0.4) is 0 Å². The molecule has 0 heterocycles. The van der Waals surface area contributed by atoms with Gasteiger partial charge in [0.1, 0.15) is 6.10 Å². The van der Waals surface area contributed by atoms with Crippen LogP contribution >= 0.6 is 0 Å². The zero-order valence-electron chi connectivity index (χ0n) is 11.2. The molecule has 0 aliphatic heterocycles. The average Bonchev–Trinajstić information content (AvgIpc) is 2.36. The molecule has 0 radical (unpaired) electrons. The van der Waals surface area contributed by atoms with Gasteiger partial charge in [0.25, 0.3) is 0 Å². The van der Waals surface area contributed by atoms with Gasteiger partial charge in [-0.05, 0) is 50.4 Å². The van der Waals surface area contributed by atoms with Crippen LogP contribution in [0.4, 0.5) is 4.39 Å². The molecule has 1 saturated carbocycles. The molecule has 2 rings (SSSR count). The van der Waals surface area contributed by atoms with E-state index < -0.39 is 0 Å². The molecule has 0 spiro atoms. The van der Waals surface area contributed by atoms with Crippen LogP contribution in [-0.4, -0.2) is 18.7 Å². The normalized spacial score (nSPS) is 23.9. The molecule has 1 aromatic rings. The van der Waals surface area contributed by atoms with Crippen molar-refractivity contribution in [3.8, 4) is 5.75 Å². The highest BCUT2D eigenvalue weighted by Gasteiger charge is 2.26. The van der Waals surface area contributed by atoms with Gasteiger partial charge >= 0.3 is 0 Å². The lowest BCUT2D eigenvalue weighted by Gasteiger charge is -2.32. The zero-order valence-corrected chi connectivity index (χ0v) is 11.2. The number of likely N-dealkylation sites (N-methyl/N-ethyl adjacent to an activating group) is 1. The van der Waals surface area contributed by atoms with E-state index in [4.69, 9.17) is 4.74 Å². The first kappa shape index (κ1) is 13.3. The lowest BCUT2D eigenvalue weighted by Crippen LogP contribution is -2.45. The average molecular weight is 251 g/mol. The Morgan fingerprint density at radius 2 is 2.11 bits per heavy atom. The predicted octanol–water partition coefficient (Wildman–Crippen LogP) is 3.43. The quantitative estimate of drug-likeness (QED) is 0.885. The first-order valence-electron chi connectivity index (χ1n) is 6.87. The summed E-state index contributed by atoms with van der Waals surface area (Å²) in [6.07, 6.45) is 4.61. The van der Waals surface area contributed by atoms with Gasteiger partial charge in [-0.2, -0.15) is 0 Å². The fourth-order valence-electron chi connectivity index (χ4n) is 2.60. The Morgan fingerprint density at radius 3 is 2.89 bits per heavy atom. The third-order valence-electron chi connectivity index (χ3n) is 3.53. The molecule has 2 unspecified atom stereocenters. The van der Waals surface area contributed by atoms with Gasteiger partial charge in [-0.1, -0.05) is 19.4 Å². The number of aryl methyl sites for hydroxylation is 1. The minimum Gasteiger partial charge on any atom is -0.486 e. The Bertz CT molecular complexity index is 392. The van der Waals surface area contributed by atoms with Gasteiger partial charge in [0.05, 0.1) is 0 Å². The fraction of sp³-hybridized carbons (Fsp3) is 0.600. The molecule has 0 bridgehead atoms. The largest absolute Gasteiger partial charge is 0.486 e. The first-order valence-corrected chi connectivity index (χ1v) is 6.87. The van der Waals surface area contributed by atoms with E-state index in [1.165, 1.54) is 18.9 Å². The van der Waals surface area contributed by atoms with Crippen molar-refractivity contribution in [1.82, 2.24) is 5.32 Å². The second kappa shape index (κ2) is 6.19. The van der Waals surface area contributed by atoms with Crippen molar-refractivity contribution in [1.29, 1.82) is 0 Å². The summed E-state index contributed by atoms with van der Waals surface area (Å²) in [7, 11) is 0. The molecule has 100 valence electrons. The SMILES string of the molecule is CCNC1CCCCC1Oc1cc(C)ccc1F. The van der Waals surface area contributed by atoms with Crippen LogP contribution < -0.4 is 10.1 Å². The van der Waals surface area contributed by atoms with Crippen molar-refractivity contribution in [3.05, 3.63) is 29.6 Å². The van der Waals surface area contributed by atoms with Gasteiger partial charge < -0.3 is 10.1 Å². The van der Waals surface area contributed by atoms with E-state index in [0.29, 0.717) is 11.8 Å². The summed E-state index contributed by atoms with van der Waals surface area (Å²) in [5.41, 5.74) is 1.03. The number of nitrogens with one attached hydrogen (secondary N) is 1. The molecule has 1 fully saturated rings. The Kier molecular flexibility index (Phi) is 4.59. The number of hydrogen-bond acceptors (Lipinski definition) is 2. The van der Waals surface area contributed by atoms with Crippen LogP contribution in [0.5, 0.6) is 5.75 Å². The summed E-state index contributed by atoms with van der Waals surface area (Å²) < 4.78 is 19.6. The highest BCUT2D eigenvalue weighted by atomic mass is 19.1. The van der Waals surface area contributed by atoms with Gasteiger partial charge in [-0.3, -0.25) is 0 Å². The number of benzene rings is 1. The van der Waals surface area contributed by atoms with Crippen molar-refractivity contribution in [2.75, 3.05) is 6.54 Å². The van der Waals surface area contributed by atoms with E-state index in [9.17, 15) is 4.39 Å². The summed E-state index contributed by atoms with van der Waals surface area (Å²) in [6, 6.07) is 5.39. The van der Waals surface area contributed by atoms with E-state index in [-0.39, 0.29) is 11.9 Å². The van der Waals surface area contributed by atoms with Gasteiger partial charge in [0, 0.05) is 6.04 Å². The predicted molar refractivity (Wildman–Crippen MR) is 71.5 cm³/mol. The van der Waals surface area contributed by atoms with Crippen molar-refractivity contribution < 1.29 is 9.13 Å². The molecule has 1 aromatic carbocycles. The number of hydrogen-bond donors (Lipinski definition) is 1. The van der Waals surface area contributed by atoms with Gasteiger partial charge in [-0.15, -0.1) is 0 Å². The lowest BCUT2D eigenvalue weighted by atomic mass is 9.92. The molecular weight excluding hydrogens is 229 g/mol. The summed E-state index contributed by atoms with van der Waals surface area (Å²) in [6.45, 7) is 4.98. The van der Waals surface area contributed by atoms with Crippen LogP contribution in [0.25, 0.3) is 0 Å². The Labute approximate surface area is 109 Å². The van der Waals surface area contributed by atoms with Crippen molar-refractivity contribution in [3.63, 3.8) is 0 Å². The highest BCUT2D eigenvalue weighted by molar-refractivity contribution is 5.29. The lowest BCUT2D eigenvalue weighted by molar-refractivity contribution is 0.110. The maximum absolute atomic E-state index is 13.7. The van der Waals surface area contributed by atoms with E-state index in [2.05, 4.69) is 12.2 Å². The molecule has 3 heteroatoms. The Morgan fingerprint density at radius 1 is 1.33 bits per heavy atom. The first-order chi connectivity index (χ1) is 8.70. The summed E-state index contributed by atoms with van der Waals surface area (Å²) in [5.74, 6) is 0.131. The third-order valence-corrected chi connectivity index (χ3v) is 3.53. The van der Waals surface area contributed by atoms with Crippen LogP contribution in [0.1, 0.15) is 38.2 Å². The van der Waals surface area contributed by atoms with E-state index in [1.54, 1.807) is 12.1 Å². The monoisotopic (exact) mass is 251 g/mol. The standard InChI is InChI=1S/C15H22FNO/c1-3-17-13-6-4-5-7-14(13)18-15-10-11(2)8-9-12(15)16/h8-10,13-14,17H,3-7H2,1-2H3. The molecule has 18 heavy (non-hydrogen) atoms. The summed E-state index contributed by atoms with van der Waals surface area (Å²) >= 11 is 0. The molecule has 2 nitrogen and oxygen atoms in total. The minimum absolute atomic E-state index is 0.0926. The van der Waals surface area contributed by atoms with Crippen LogP contribution in [-0.2, 0) is 0 Å².